The topological polar surface area (TPSA) is 55.4 Å². The van der Waals surface area contributed by atoms with Gasteiger partial charge in [-0.25, -0.2) is 0 Å². The third kappa shape index (κ3) is 4.42. The predicted octanol–water partition coefficient (Wildman–Crippen LogP) is 1.96. The van der Waals surface area contributed by atoms with E-state index in [1.165, 1.54) is 7.11 Å². The Labute approximate surface area is 118 Å². The Bertz CT molecular complexity index is 451. The first-order valence-corrected chi connectivity index (χ1v) is 7.83. The second kappa shape index (κ2) is 7.53. The molecule has 0 radical (unpaired) electrons. The predicted molar refractivity (Wildman–Crippen MR) is 76.6 cm³/mol. The number of hydrogen-bond acceptors (Lipinski definition) is 3. The van der Waals surface area contributed by atoms with Crippen molar-refractivity contribution in [3.8, 4) is 5.75 Å². The quantitative estimate of drug-likeness (QED) is 0.865. The Morgan fingerprint density at radius 2 is 2.22 bits per heavy atom. The second-order valence-corrected chi connectivity index (χ2v) is 6.31. The van der Waals surface area contributed by atoms with E-state index in [4.69, 9.17) is 4.74 Å². The monoisotopic (exact) mass is 333 g/mol. The molecular formula is C12H16BrNO3S. The molecule has 0 aliphatic heterocycles. The van der Waals surface area contributed by atoms with Crippen molar-refractivity contribution in [2.24, 2.45) is 0 Å². The molecule has 0 aliphatic rings. The van der Waals surface area contributed by atoms with Gasteiger partial charge < -0.3 is 10.1 Å². The molecule has 0 fully saturated rings. The van der Waals surface area contributed by atoms with Crippen LogP contribution in [0.1, 0.15) is 17.3 Å². The molecule has 18 heavy (non-hydrogen) atoms. The average Bonchev–Trinajstić information content (AvgIpc) is 2.37. The van der Waals surface area contributed by atoms with Crippen molar-refractivity contribution >= 4 is 32.6 Å². The zero-order valence-electron chi connectivity index (χ0n) is 10.4. The number of benzene rings is 1. The maximum absolute atomic E-state index is 11.9. The smallest absolute Gasteiger partial charge is 0.255 e. The van der Waals surface area contributed by atoms with Gasteiger partial charge in [0.2, 0.25) is 0 Å². The lowest BCUT2D eigenvalue weighted by Crippen LogP contribution is -2.28. The minimum Gasteiger partial charge on any atom is -0.496 e. The number of methoxy groups -OCH3 is 1. The molecule has 1 amide bonds. The minimum atomic E-state index is -0.864. The lowest BCUT2D eigenvalue weighted by Gasteiger charge is -2.09. The molecule has 6 heteroatoms. The third-order valence-corrected chi connectivity index (χ3v) is 4.14. The molecule has 1 aromatic rings. The first kappa shape index (κ1) is 15.2. The van der Waals surface area contributed by atoms with Gasteiger partial charge in [0.1, 0.15) is 5.75 Å². The molecular weight excluding hydrogens is 318 g/mol. The fourth-order valence-electron chi connectivity index (χ4n) is 1.37. The highest BCUT2D eigenvalue weighted by Gasteiger charge is 2.12. The van der Waals surface area contributed by atoms with Crippen LogP contribution in [0.4, 0.5) is 0 Å². The van der Waals surface area contributed by atoms with E-state index < -0.39 is 10.8 Å². The number of rotatable bonds is 6. The van der Waals surface area contributed by atoms with Crippen molar-refractivity contribution in [2.75, 3.05) is 25.2 Å². The molecule has 0 aliphatic carbocycles. The summed E-state index contributed by atoms with van der Waals surface area (Å²) in [4.78, 5) is 11.9. The number of amides is 1. The lowest BCUT2D eigenvalue weighted by atomic mass is 10.2. The highest BCUT2D eigenvalue weighted by atomic mass is 79.9. The summed E-state index contributed by atoms with van der Waals surface area (Å²) in [6.07, 6.45) is 0. The minimum absolute atomic E-state index is 0.215. The number of halogens is 1. The van der Waals surface area contributed by atoms with Crippen LogP contribution in [-0.2, 0) is 10.8 Å². The van der Waals surface area contributed by atoms with Gasteiger partial charge in [0.15, 0.2) is 0 Å². The highest BCUT2D eigenvalue weighted by molar-refractivity contribution is 9.10. The van der Waals surface area contributed by atoms with Crippen LogP contribution >= 0.6 is 15.9 Å². The number of hydrogen-bond donors (Lipinski definition) is 1. The van der Waals surface area contributed by atoms with Gasteiger partial charge in [0.25, 0.3) is 5.91 Å². The second-order valence-electron chi connectivity index (χ2n) is 3.53. The van der Waals surface area contributed by atoms with Gasteiger partial charge in [0.05, 0.1) is 12.7 Å². The number of nitrogens with one attached hydrogen (secondary N) is 1. The zero-order valence-corrected chi connectivity index (χ0v) is 12.8. The van der Waals surface area contributed by atoms with E-state index in [-0.39, 0.29) is 5.91 Å². The summed E-state index contributed by atoms with van der Waals surface area (Å²) >= 11 is 3.32. The SMILES string of the molecule is CCS(=O)CCNC(=O)c1ccc(Br)cc1OC. The van der Waals surface area contributed by atoms with Crippen LogP contribution in [-0.4, -0.2) is 35.3 Å². The van der Waals surface area contributed by atoms with Crippen LogP contribution < -0.4 is 10.1 Å². The van der Waals surface area contributed by atoms with Gasteiger partial charge in [-0.05, 0) is 18.2 Å². The number of carbonyl (C=O) groups is 1. The molecule has 0 saturated heterocycles. The summed E-state index contributed by atoms with van der Waals surface area (Å²) in [7, 11) is 0.654. The van der Waals surface area contributed by atoms with Crippen LogP contribution in [0.15, 0.2) is 22.7 Å². The number of ether oxygens (including phenoxy) is 1. The van der Waals surface area contributed by atoms with E-state index in [0.717, 1.165) is 4.47 Å². The average molecular weight is 334 g/mol. The largest absolute Gasteiger partial charge is 0.496 e. The molecule has 4 nitrogen and oxygen atoms in total. The number of carbonyl (C=O) groups excluding carboxylic acids is 1. The molecule has 1 rings (SSSR count). The molecule has 0 heterocycles. The molecule has 0 spiro atoms. The van der Waals surface area contributed by atoms with Crippen LogP contribution in [0.25, 0.3) is 0 Å². The fourth-order valence-corrected chi connectivity index (χ4v) is 2.33. The molecule has 1 unspecified atom stereocenters. The van der Waals surface area contributed by atoms with E-state index in [9.17, 15) is 9.00 Å². The molecule has 1 atom stereocenters. The first-order valence-electron chi connectivity index (χ1n) is 5.55. The Kier molecular flexibility index (Phi) is 6.35. The molecule has 1 aromatic carbocycles. The molecule has 100 valence electrons. The summed E-state index contributed by atoms with van der Waals surface area (Å²) < 4.78 is 17.2. The Balaban J connectivity index is 2.64. The van der Waals surface area contributed by atoms with Crippen molar-refractivity contribution in [1.82, 2.24) is 5.32 Å². The van der Waals surface area contributed by atoms with E-state index in [0.29, 0.717) is 29.4 Å². The molecule has 1 N–H and O–H groups in total. The van der Waals surface area contributed by atoms with Gasteiger partial charge in [0, 0.05) is 33.3 Å². The van der Waals surface area contributed by atoms with Crippen molar-refractivity contribution in [3.63, 3.8) is 0 Å². The Morgan fingerprint density at radius 1 is 1.50 bits per heavy atom. The van der Waals surface area contributed by atoms with Crippen molar-refractivity contribution in [3.05, 3.63) is 28.2 Å². The van der Waals surface area contributed by atoms with Gasteiger partial charge in [-0.1, -0.05) is 22.9 Å². The van der Waals surface area contributed by atoms with Gasteiger partial charge in [-0.2, -0.15) is 0 Å². The summed E-state index contributed by atoms with van der Waals surface area (Å²) in [6, 6.07) is 5.20. The van der Waals surface area contributed by atoms with Crippen LogP contribution in [0.5, 0.6) is 5.75 Å². The standard InChI is InChI=1S/C12H16BrNO3S/c1-3-18(16)7-6-14-12(15)10-5-4-9(13)8-11(10)17-2/h4-5,8H,3,6-7H2,1-2H3,(H,14,15). The molecule has 0 bridgehead atoms. The molecule has 0 saturated carbocycles. The van der Waals surface area contributed by atoms with Gasteiger partial charge >= 0.3 is 0 Å². The van der Waals surface area contributed by atoms with E-state index in [1.54, 1.807) is 18.2 Å². The normalized spacial score (nSPS) is 11.9. The summed E-state index contributed by atoms with van der Waals surface area (Å²) in [6.45, 7) is 2.26. The molecule has 0 aromatic heterocycles. The summed E-state index contributed by atoms with van der Waals surface area (Å²) in [5.74, 6) is 1.38. The first-order chi connectivity index (χ1) is 8.58. The summed E-state index contributed by atoms with van der Waals surface area (Å²) in [5.41, 5.74) is 0.475. The van der Waals surface area contributed by atoms with E-state index >= 15 is 0 Å². The van der Waals surface area contributed by atoms with E-state index in [2.05, 4.69) is 21.2 Å². The maximum atomic E-state index is 11.9. The van der Waals surface area contributed by atoms with Crippen LogP contribution in [0, 0.1) is 0 Å². The van der Waals surface area contributed by atoms with Crippen molar-refractivity contribution in [1.29, 1.82) is 0 Å². The third-order valence-electron chi connectivity index (χ3n) is 2.35. The maximum Gasteiger partial charge on any atom is 0.255 e. The summed E-state index contributed by atoms with van der Waals surface area (Å²) in [5, 5.41) is 2.73. The zero-order chi connectivity index (χ0) is 13.5. The van der Waals surface area contributed by atoms with Gasteiger partial charge in [-0.3, -0.25) is 9.00 Å². The van der Waals surface area contributed by atoms with E-state index in [1.807, 2.05) is 6.92 Å². The Hall–Kier alpha value is -0.880. The fraction of sp³-hybridized carbons (Fsp3) is 0.417. The van der Waals surface area contributed by atoms with Crippen molar-refractivity contribution in [2.45, 2.75) is 6.92 Å². The highest BCUT2D eigenvalue weighted by Crippen LogP contribution is 2.23. The van der Waals surface area contributed by atoms with Crippen LogP contribution in [0.2, 0.25) is 0 Å². The van der Waals surface area contributed by atoms with Gasteiger partial charge in [-0.15, -0.1) is 0 Å². The van der Waals surface area contributed by atoms with Crippen molar-refractivity contribution < 1.29 is 13.7 Å². The lowest BCUT2D eigenvalue weighted by molar-refractivity contribution is 0.0953. The van der Waals surface area contributed by atoms with Crippen LogP contribution in [0.3, 0.4) is 0 Å². The Morgan fingerprint density at radius 3 is 2.83 bits per heavy atom.